The first-order valence-corrected chi connectivity index (χ1v) is 7.81. The van der Waals surface area contributed by atoms with Crippen LogP contribution in [0.25, 0.3) is 11.2 Å². The SMILES string of the molecule is Cc1ccc2nc(CCCl)n(CC3CCCCO3)c2n1. The van der Waals surface area contributed by atoms with E-state index in [9.17, 15) is 0 Å². The van der Waals surface area contributed by atoms with Crippen LogP contribution in [-0.2, 0) is 17.7 Å². The Morgan fingerprint density at radius 3 is 3.00 bits per heavy atom. The van der Waals surface area contributed by atoms with Crippen molar-refractivity contribution >= 4 is 22.8 Å². The van der Waals surface area contributed by atoms with Crippen molar-refractivity contribution in [1.82, 2.24) is 14.5 Å². The van der Waals surface area contributed by atoms with Gasteiger partial charge in [-0.1, -0.05) is 0 Å². The van der Waals surface area contributed by atoms with Crippen molar-refractivity contribution in [2.24, 2.45) is 0 Å². The van der Waals surface area contributed by atoms with Crippen molar-refractivity contribution in [1.29, 1.82) is 0 Å². The Kier molecular flexibility index (Phi) is 4.22. The zero-order valence-electron chi connectivity index (χ0n) is 11.8. The lowest BCUT2D eigenvalue weighted by Gasteiger charge is -2.23. The highest BCUT2D eigenvalue weighted by molar-refractivity contribution is 6.17. The van der Waals surface area contributed by atoms with Crippen molar-refractivity contribution in [2.45, 2.75) is 45.3 Å². The van der Waals surface area contributed by atoms with Crippen LogP contribution in [-0.4, -0.2) is 33.1 Å². The molecule has 2 aromatic heterocycles. The van der Waals surface area contributed by atoms with Crippen LogP contribution in [0, 0.1) is 6.92 Å². The molecule has 0 spiro atoms. The van der Waals surface area contributed by atoms with E-state index in [1.807, 2.05) is 19.1 Å². The molecule has 0 saturated carbocycles. The second-order valence-corrected chi connectivity index (χ2v) is 5.74. The van der Waals surface area contributed by atoms with Crippen molar-refractivity contribution in [3.63, 3.8) is 0 Å². The van der Waals surface area contributed by atoms with Crippen molar-refractivity contribution < 1.29 is 4.74 Å². The Bertz CT molecular complexity index is 590. The minimum atomic E-state index is 0.275. The van der Waals surface area contributed by atoms with Gasteiger partial charge in [0.1, 0.15) is 11.3 Å². The molecule has 1 aliphatic rings. The summed E-state index contributed by atoms with van der Waals surface area (Å²) in [5, 5.41) is 0. The molecule has 20 heavy (non-hydrogen) atoms. The number of aromatic nitrogens is 3. The maximum Gasteiger partial charge on any atom is 0.160 e. The van der Waals surface area contributed by atoms with Gasteiger partial charge in [-0.05, 0) is 38.3 Å². The molecule has 4 nitrogen and oxygen atoms in total. The third kappa shape index (κ3) is 2.81. The number of ether oxygens (including phenoxy) is 1. The van der Waals surface area contributed by atoms with Crippen LogP contribution in [0.4, 0.5) is 0 Å². The van der Waals surface area contributed by atoms with E-state index in [0.717, 1.165) is 48.7 Å². The molecule has 0 aliphatic carbocycles. The number of nitrogens with zero attached hydrogens (tertiary/aromatic N) is 3. The summed E-state index contributed by atoms with van der Waals surface area (Å²) in [6.45, 7) is 3.71. The number of fused-ring (bicyclic) bond motifs is 1. The van der Waals surface area contributed by atoms with Crippen LogP contribution in [0.15, 0.2) is 12.1 Å². The lowest BCUT2D eigenvalue weighted by molar-refractivity contribution is 0.00613. The van der Waals surface area contributed by atoms with Crippen molar-refractivity contribution in [2.75, 3.05) is 12.5 Å². The first kappa shape index (κ1) is 13.8. The summed E-state index contributed by atoms with van der Waals surface area (Å²) in [6, 6.07) is 4.04. The molecule has 1 fully saturated rings. The van der Waals surface area contributed by atoms with E-state index in [0.29, 0.717) is 5.88 Å². The molecule has 0 bridgehead atoms. The summed E-state index contributed by atoms with van der Waals surface area (Å²) in [6.07, 6.45) is 4.58. The average molecular weight is 294 g/mol. The predicted molar refractivity (Wildman–Crippen MR) is 80.3 cm³/mol. The average Bonchev–Trinajstić information content (AvgIpc) is 2.78. The molecule has 5 heteroatoms. The minimum Gasteiger partial charge on any atom is -0.376 e. The topological polar surface area (TPSA) is 39.9 Å². The highest BCUT2D eigenvalue weighted by atomic mass is 35.5. The molecule has 0 N–H and O–H groups in total. The Labute approximate surface area is 124 Å². The summed E-state index contributed by atoms with van der Waals surface area (Å²) in [7, 11) is 0. The lowest BCUT2D eigenvalue weighted by Crippen LogP contribution is -2.25. The number of rotatable bonds is 4. The number of pyridine rings is 1. The van der Waals surface area contributed by atoms with Gasteiger partial charge in [-0.3, -0.25) is 0 Å². The van der Waals surface area contributed by atoms with Gasteiger partial charge in [-0.25, -0.2) is 9.97 Å². The van der Waals surface area contributed by atoms with Crippen LogP contribution >= 0.6 is 11.6 Å². The van der Waals surface area contributed by atoms with E-state index >= 15 is 0 Å². The third-order valence-electron chi connectivity index (χ3n) is 3.79. The molecule has 1 unspecified atom stereocenters. The molecule has 1 atom stereocenters. The van der Waals surface area contributed by atoms with Gasteiger partial charge < -0.3 is 9.30 Å². The molecule has 1 saturated heterocycles. The number of halogens is 1. The quantitative estimate of drug-likeness (QED) is 0.813. The number of alkyl halides is 1. The first-order chi connectivity index (χ1) is 9.78. The Hall–Kier alpha value is -1.13. The zero-order chi connectivity index (χ0) is 13.9. The van der Waals surface area contributed by atoms with Crippen LogP contribution in [0.3, 0.4) is 0 Å². The van der Waals surface area contributed by atoms with Crippen molar-refractivity contribution in [3.05, 3.63) is 23.7 Å². The summed E-state index contributed by atoms with van der Waals surface area (Å²) in [5.41, 5.74) is 2.92. The Morgan fingerprint density at radius 1 is 1.35 bits per heavy atom. The molecular weight excluding hydrogens is 274 g/mol. The van der Waals surface area contributed by atoms with Gasteiger partial charge in [0.15, 0.2) is 5.65 Å². The maximum absolute atomic E-state index is 5.90. The molecule has 1 aliphatic heterocycles. The number of aryl methyl sites for hydroxylation is 2. The third-order valence-corrected chi connectivity index (χ3v) is 3.98. The van der Waals surface area contributed by atoms with Gasteiger partial charge in [-0.2, -0.15) is 0 Å². The predicted octanol–water partition coefficient (Wildman–Crippen LogP) is 3.09. The van der Waals surface area contributed by atoms with Gasteiger partial charge in [0.05, 0.1) is 12.6 Å². The normalized spacial score (nSPS) is 19.6. The number of imidazole rings is 1. The van der Waals surface area contributed by atoms with E-state index in [1.165, 1.54) is 12.8 Å². The molecule has 0 radical (unpaired) electrons. The summed E-state index contributed by atoms with van der Waals surface area (Å²) < 4.78 is 8.05. The Morgan fingerprint density at radius 2 is 2.25 bits per heavy atom. The van der Waals surface area contributed by atoms with Crippen LogP contribution in [0.1, 0.15) is 30.8 Å². The standard InChI is InChI=1S/C15H20ClN3O/c1-11-5-6-13-15(17-11)19(14(18-13)7-8-16)10-12-4-2-3-9-20-12/h5-6,12H,2-4,7-10H2,1H3. The minimum absolute atomic E-state index is 0.275. The fraction of sp³-hybridized carbons (Fsp3) is 0.600. The Balaban J connectivity index is 1.96. The largest absolute Gasteiger partial charge is 0.376 e. The second kappa shape index (κ2) is 6.10. The smallest absolute Gasteiger partial charge is 0.160 e. The van der Waals surface area contributed by atoms with Gasteiger partial charge in [-0.15, -0.1) is 11.6 Å². The molecule has 3 heterocycles. The molecule has 0 amide bonds. The van der Waals surface area contributed by atoms with Crippen LogP contribution in [0.5, 0.6) is 0 Å². The fourth-order valence-electron chi connectivity index (χ4n) is 2.77. The summed E-state index contributed by atoms with van der Waals surface area (Å²) in [4.78, 5) is 9.32. The van der Waals surface area contributed by atoms with E-state index in [-0.39, 0.29) is 6.10 Å². The number of hydrogen-bond donors (Lipinski definition) is 0. The number of hydrogen-bond acceptors (Lipinski definition) is 3. The first-order valence-electron chi connectivity index (χ1n) is 7.28. The highest BCUT2D eigenvalue weighted by Crippen LogP contribution is 2.20. The fourth-order valence-corrected chi connectivity index (χ4v) is 2.93. The van der Waals surface area contributed by atoms with Crippen molar-refractivity contribution in [3.8, 4) is 0 Å². The molecule has 3 rings (SSSR count). The molecule has 0 aromatic carbocycles. The van der Waals surface area contributed by atoms with Crippen LogP contribution < -0.4 is 0 Å². The lowest BCUT2D eigenvalue weighted by atomic mass is 10.1. The van der Waals surface area contributed by atoms with Gasteiger partial charge >= 0.3 is 0 Å². The van der Waals surface area contributed by atoms with E-state index < -0.39 is 0 Å². The summed E-state index contributed by atoms with van der Waals surface area (Å²) in [5.74, 6) is 1.59. The van der Waals surface area contributed by atoms with E-state index in [2.05, 4.69) is 14.5 Å². The highest BCUT2D eigenvalue weighted by Gasteiger charge is 2.19. The zero-order valence-corrected chi connectivity index (χ0v) is 12.6. The summed E-state index contributed by atoms with van der Waals surface area (Å²) >= 11 is 5.90. The maximum atomic E-state index is 5.90. The second-order valence-electron chi connectivity index (χ2n) is 5.36. The van der Waals surface area contributed by atoms with Gasteiger partial charge in [0, 0.05) is 24.6 Å². The monoisotopic (exact) mass is 293 g/mol. The van der Waals surface area contributed by atoms with Gasteiger partial charge in [0.25, 0.3) is 0 Å². The van der Waals surface area contributed by atoms with Crippen LogP contribution in [0.2, 0.25) is 0 Å². The molecular formula is C15H20ClN3O. The molecule has 2 aromatic rings. The van der Waals surface area contributed by atoms with E-state index in [4.69, 9.17) is 16.3 Å². The van der Waals surface area contributed by atoms with E-state index in [1.54, 1.807) is 0 Å². The molecule has 108 valence electrons. The van der Waals surface area contributed by atoms with Gasteiger partial charge in [0.2, 0.25) is 0 Å².